The first-order valence-corrected chi connectivity index (χ1v) is 11.9. The lowest BCUT2D eigenvalue weighted by molar-refractivity contribution is 0.177. The molecule has 0 saturated carbocycles. The summed E-state index contributed by atoms with van der Waals surface area (Å²) in [7, 11) is 1.68. The van der Waals surface area contributed by atoms with Crippen LogP contribution in [0.3, 0.4) is 0 Å². The molecule has 8 nitrogen and oxygen atoms in total. The van der Waals surface area contributed by atoms with Gasteiger partial charge in [-0.25, -0.2) is 9.67 Å². The lowest BCUT2D eigenvalue weighted by Crippen LogP contribution is -2.47. The molecule has 182 valence electrons. The van der Waals surface area contributed by atoms with E-state index in [0.29, 0.717) is 12.6 Å². The number of aliphatic imine (C=N–C) groups is 1. The Kier molecular flexibility index (Phi) is 9.94. The van der Waals surface area contributed by atoms with Crippen LogP contribution in [0.5, 0.6) is 0 Å². The van der Waals surface area contributed by atoms with Crippen LogP contribution in [0.15, 0.2) is 29.3 Å². The molecule has 0 bridgehead atoms. The molecule has 0 radical (unpaired) electrons. The van der Waals surface area contributed by atoms with Gasteiger partial charge in [-0.3, -0.25) is 9.89 Å². The molecule has 2 aromatic rings. The summed E-state index contributed by atoms with van der Waals surface area (Å²) in [6.45, 7) is 9.40. The Bertz CT molecular complexity index is 893. The van der Waals surface area contributed by atoms with Gasteiger partial charge in [0, 0.05) is 26.1 Å². The Balaban J connectivity index is 0.00000306. The number of halogens is 1. The summed E-state index contributed by atoms with van der Waals surface area (Å²) in [4.78, 5) is 12.2. The smallest absolute Gasteiger partial charge is 0.191 e. The molecule has 2 atom stereocenters. The zero-order valence-electron chi connectivity index (χ0n) is 20.1. The lowest BCUT2D eigenvalue weighted by Gasteiger charge is -2.28. The number of likely N-dealkylation sites (tertiary alicyclic amines) is 1. The number of guanidine groups is 1. The second kappa shape index (κ2) is 12.7. The maximum atomic E-state index is 5.18. The van der Waals surface area contributed by atoms with Gasteiger partial charge in [-0.2, -0.15) is 5.10 Å². The predicted octanol–water partition coefficient (Wildman–Crippen LogP) is 3.06. The topological polar surface area (TPSA) is 79.6 Å². The second-order valence-electron chi connectivity index (χ2n) is 8.83. The van der Waals surface area contributed by atoms with Crippen LogP contribution in [0.25, 0.3) is 0 Å². The fourth-order valence-electron chi connectivity index (χ4n) is 4.63. The molecule has 33 heavy (non-hydrogen) atoms. The first kappa shape index (κ1) is 25.9. The summed E-state index contributed by atoms with van der Waals surface area (Å²) in [5.74, 6) is 2.69. The van der Waals surface area contributed by atoms with Crippen molar-refractivity contribution < 1.29 is 4.74 Å². The minimum atomic E-state index is 0. The molecule has 3 heterocycles. The van der Waals surface area contributed by atoms with Crippen LogP contribution in [0.2, 0.25) is 0 Å². The van der Waals surface area contributed by atoms with E-state index in [1.54, 1.807) is 7.11 Å². The summed E-state index contributed by atoms with van der Waals surface area (Å²) in [6, 6.07) is 9.54. The molecule has 0 amide bonds. The van der Waals surface area contributed by atoms with E-state index in [0.717, 1.165) is 63.2 Å². The summed E-state index contributed by atoms with van der Waals surface area (Å²) >= 11 is 0. The van der Waals surface area contributed by atoms with Crippen molar-refractivity contribution >= 4 is 29.9 Å². The van der Waals surface area contributed by atoms with Crippen molar-refractivity contribution in [2.75, 3.05) is 33.3 Å². The van der Waals surface area contributed by atoms with Crippen LogP contribution in [0.4, 0.5) is 0 Å². The van der Waals surface area contributed by atoms with Crippen LogP contribution in [-0.4, -0.2) is 65.0 Å². The average molecular weight is 568 g/mol. The fraction of sp³-hybridized carbons (Fsp3) is 0.625. The average Bonchev–Trinajstić information content (AvgIpc) is 3.45. The van der Waals surface area contributed by atoms with Crippen molar-refractivity contribution in [2.24, 2.45) is 4.99 Å². The van der Waals surface area contributed by atoms with Gasteiger partial charge < -0.3 is 15.4 Å². The number of benzene rings is 1. The summed E-state index contributed by atoms with van der Waals surface area (Å²) < 4.78 is 7.19. The first-order chi connectivity index (χ1) is 15.7. The van der Waals surface area contributed by atoms with Crippen molar-refractivity contribution in [1.29, 1.82) is 0 Å². The minimum Gasteiger partial charge on any atom is -0.377 e. The third kappa shape index (κ3) is 6.89. The Morgan fingerprint density at radius 3 is 2.70 bits per heavy atom. The first-order valence-electron chi connectivity index (χ1n) is 11.9. The van der Waals surface area contributed by atoms with Crippen molar-refractivity contribution in [3.8, 4) is 0 Å². The van der Waals surface area contributed by atoms with Crippen molar-refractivity contribution in [3.05, 3.63) is 47.0 Å². The second-order valence-corrected chi connectivity index (χ2v) is 8.83. The van der Waals surface area contributed by atoms with Gasteiger partial charge in [0.15, 0.2) is 11.8 Å². The number of nitrogens with zero attached hydrogens (tertiary/aromatic N) is 5. The molecular formula is C24H38IN7O. The normalized spacial score (nSPS) is 19.6. The van der Waals surface area contributed by atoms with Gasteiger partial charge >= 0.3 is 0 Å². The SMILES string of the molecule is CCNC(=NCC(c1ccc(C)cc1)N1CCCC1)NC1CCc2nc(COC)nn2C1.I. The number of aromatic nitrogens is 3. The molecule has 1 aromatic heterocycles. The van der Waals surface area contributed by atoms with Crippen LogP contribution < -0.4 is 10.6 Å². The lowest BCUT2D eigenvalue weighted by atomic mass is 10.0. The largest absolute Gasteiger partial charge is 0.377 e. The van der Waals surface area contributed by atoms with Gasteiger partial charge in [0.2, 0.25) is 0 Å². The quantitative estimate of drug-likeness (QED) is 0.290. The Morgan fingerprint density at radius 1 is 1.24 bits per heavy atom. The van der Waals surface area contributed by atoms with Crippen molar-refractivity contribution in [2.45, 2.75) is 64.8 Å². The highest BCUT2D eigenvalue weighted by molar-refractivity contribution is 14.0. The van der Waals surface area contributed by atoms with E-state index in [1.165, 1.54) is 24.0 Å². The number of fused-ring (bicyclic) bond motifs is 1. The molecule has 2 N–H and O–H groups in total. The number of ether oxygens (including phenoxy) is 1. The van der Waals surface area contributed by atoms with Gasteiger partial charge in [-0.15, -0.1) is 24.0 Å². The fourth-order valence-corrected chi connectivity index (χ4v) is 4.63. The Morgan fingerprint density at radius 2 is 2.00 bits per heavy atom. The molecule has 0 aliphatic carbocycles. The van der Waals surface area contributed by atoms with E-state index >= 15 is 0 Å². The molecule has 2 unspecified atom stereocenters. The molecule has 1 fully saturated rings. The zero-order valence-corrected chi connectivity index (χ0v) is 22.4. The number of hydrogen-bond acceptors (Lipinski definition) is 5. The highest BCUT2D eigenvalue weighted by Crippen LogP contribution is 2.26. The molecule has 9 heteroatoms. The number of hydrogen-bond donors (Lipinski definition) is 2. The minimum absolute atomic E-state index is 0. The molecular weight excluding hydrogens is 529 g/mol. The third-order valence-corrected chi connectivity index (χ3v) is 6.33. The maximum absolute atomic E-state index is 5.18. The summed E-state index contributed by atoms with van der Waals surface area (Å²) in [6.07, 6.45) is 4.48. The number of rotatable bonds is 8. The number of aryl methyl sites for hydroxylation is 2. The molecule has 1 saturated heterocycles. The molecule has 2 aliphatic rings. The predicted molar refractivity (Wildman–Crippen MR) is 142 cm³/mol. The van der Waals surface area contributed by atoms with Gasteiger partial charge in [0.1, 0.15) is 12.4 Å². The summed E-state index contributed by atoms with van der Waals surface area (Å²) in [5.41, 5.74) is 2.65. The van der Waals surface area contributed by atoms with E-state index in [9.17, 15) is 0 Å². The van der Waals surface area contributed by atoms with Crippen LogP contribution in [-0.2, 0) is 24.3 Å². The Labute approximate surface area is 214 Å². The van der Waals surface area contributed by atoms with Crippen LogP contribution >= 0.6 is 24.0 Å². The van der Waals surface area contributed by atoms with Crippen LogP contribution in [0.1, 0.15) is 55.0 Å². The van der Waals surface area contributed by atoms with Crippen LogP contribution in [0, 0.1) is 6.92 Å². The molecule has 4 rings (SSSR count). The van der Waals surface area contributed by atoms with Gasteiger partial charge in [-0.05, 0) is 51.8 Å². The molecule has 0 spiro atoms. The van der Waals surface area contributed by atoms with Gasteiger partial charge in [0.25, 0.3) is 0 Å². The standard InChI is InChI=1S/C24H37N7O.HI/c1-4-25-24(27-20-11-12-23-28-22(17-32-3)29-31(23)16-20)26-15-21(30-13-5-6-14-30)19-9-7-18(2)8-10-19;/h7-10,20-21H,4-6,11-17H2,1-3H3,(H2,25,26,27);1H. The Hall–Kier alpha value is -1.72. The highest BCUT2D eigenvalue weighted by atomic mass is 127. The monoisotopic (exact) mass is 567 g/mol. The van der Waals surface area contributed by atoms with Gasteiger partial charge in [-0.1, -0.05) is 29.8 Å². The van der Waals surface area contributed by atoms with Crippen molar-refractivity contribution in [3.63, 3.8) is 0 Å². The zero-order chi connectivity index (χ0) is 22.3. The third-order valence-electron chi connectivity index (χ3n) is 6.33. The molecule has 1 aromatic carbocycles. The van der Waals surface area contributed by atoms with Gasteiger partial charge in [0.05, 0.1) is 19.1 Å². The summed E-state index contributed by atoms with van der Waals surface area (Å²) in [5, 5.41) is 11.7. The van der Waals surface area contributed by atoms with E-state index in [2.05, 4.69) is 63.7 Å². The molecule has 2 aliphatic heterocycles. The van der Waals surface area contributed by atoms with E-state index in [1.807, 2.05) is 4.68 Å². The highest BCUT2D eigenvalue weighted by Gasteiger charge is 2.25. The van der Waals surface area contributed by atoms with Crippen molar-refractivity contribution in [1.82, 2.24) is 30.3 Å². The van der Waals surface area contributed by atoms with E-state index < -0.39 is 0 Å². The number of methoxy groups -OCH3 is 1. The van der Waals surface area contributed by atoms with E-state index in [4.69, 9.17) is 9.73 Å². The van der Waals surface area contributed by atoms with E-state index in [-0.39, 0.29) is 30.0 Å². The number of nitrogens with one attached hydrogen (secondary N) is 2. The maximum Gasteiger partial charge on any atom is 0.191 e.